The first-order valence-corrected chi connectivity index (χ1v) is 5.76. The van der Waals surface area contributed by atoms with E-state index in [0.29, 0.717) is 30.4 Å². The van der Waals surface area contributed by atoms with Crippen molar-refractivity contribution in [3.8, 4) is 5.88 Å². The van der Waals surface area contributed by atoms with Crippen molar-refractivity contribution in [2.24, 2.45) is 5.73 Å². The number of hydrogen-bond acceptors (Lipinski definition) is 5. The zero-order valence-corrected chi connectivity index (χ0v) is 10.5. The second-order valence-electron chi connectivity index (χ2n) is 3.80. The quantitative estimate of drug-likeness (QED) is 0.817. The highest BCUT2D eigenvalue weighted by Gasteiger charge is 2.12. The largest absolute Gasteiger partial charge is 0.480 e. The molecule has 0 atom stereocenters. The molecule has 19 heavy (non-hydrogen) atoms. The zero-order valence-electron chi connectivity index (χ0n) is 10.5. The summed E-state index contributed by atoms with van der Waals surface area (Å²) in [4.78, 5) is 20.0. The summed E-state index contributed by atoms with van der Waals surface area (Å²) in [5.74, 6) is 0.0410. The van der Waals surface area contributed by atoms with Crippen LogP contribution in [-0.2, 0) is 6.54 Å². The summed E-state index contributed by atoms with van der Waals surface area (Å²) in [7, 11) is 1.49. The summed E-state index contributed by atoms with van der Waals surface area (Å²) in [5, 5.41) is 2.70. The van der Waals surface area contributed by atoms with E-state index >= 15 is 0 Å². The maximum atomic E-state index is 12.0. The monoisotopic (exact) mass is 261 g/mol. The van der Waals surface area contributed by atoms with Crippen LogP contribution in [0.3, 0.4) is 0 Å². The molecule has 1 amide bonds. The molecule has 3 N–H and O–H groups in total. The van der Waals surface area contributed by atoms with Gasteiger partial charge in [0.2, 0.25) is 5.88 Å². The molecule has 0 aliphatic carbocycles. The molecule has 2 rings (SSSR count). The first-order chi connectivity index (χ1) is 9.24. The van der Waals surface area contributed by atoms with Crippen LogP contribution in [0.5, 0.6) is 5.88 Å². The Morgan fingerprint density at radius 3 is 3.11 bits per heavy atom. The predicted octanol–water partition coefficient (Wildman–Crippen LogP) is 0.498. The molecule has 2 heterocycles. The number of nitrogens with zero attached hydrogens (tertiary/aromatic N) is 3. The van der Waals surface area contributed by atoms with Crippen molar-refractivity contribution in [2.45, 2.75) is 6.54 Å². The number of methoxy groups -OCH3 is 1. The highest BCUT2D eigenvalue weighted by Crippen LogP contribution is 2.20. The molecule has 2 aromatic rings. The van der Waals surface area contributed by atoms with E-state index in [-0.39, 0.29) is 5.91 Å². The Kier molecular flexibility index (Phi) is 4.09. The number of rotatable bonds is 5. The smallest absolute Gasteiger partial charge is 0.275 e. The maximum absolute atomic E-state index is 12.0. The van der Waals surface area contributed by atoms with E-state index in [4.69, 9.17) is 10.5 Å². The highest BCUT2D eigenvalue weighted by molar-refractivity contribution is 6.03. The molecule has 100 valence electrons. The van der Waals surface area contributed by atoms with E-state index in [1.807, 2.05) is 0 Å². The van der Waals surface area contributed by atoms with Gasteiger partial charge in [-0.1, -0.05) is 0 Å². The third-order valence-electron chi connectivity index (χ3n) is 2.47. The first kappa shape index (κ1) is 13.0. The fraction of sp³-hybridized carbons (Fsp3) is 0.250. The number of carbonyl (C=O) groups is 1. The summed E-state index contributed by atoms with van der Waals surface area (Å²) >= 11 is 0. The fourth-order valence-electron chi connectivity index (χ4n) is 1.58. The lowest BCUT2D eigenvalue weighted by atomic mass is 10.3. The summed E-state index contributed by atoms with van der Waals surface area (Å²) in [6.45, 7) is 1.12. The zero-order chi connectivity index (χ0) is 13.7. The summed E-state index contributed by atoms with van der Waals surface area (Å²) < 4.78 is 6.82. The lowest BCUT2D eigenvalue weighted by molar-refractivity contribution is 0.102. The van der Waals surface area contributed by atoms with Crippen molar-refractivity contribution in [3.63, 3.8) is 0 Å². The molecule has 0 radical (unpaired) electrons. The molecule has 0 fully saturated rings. The van der Waals surface area contributed by atoms with Crippen LogP contribution in [0.2, 0.25) is 0 Å². The second kappa shape index (κ2) is 5.96. The normalized spacial score (nSPS) is 10.2. The Labute approximate surface area is 110 Å². The number of carbonyl (C=O) groups excluding carboxylic acids is 1. The van der Waals surface area contributed by atoms with Crippen molar-refractivity contribution in [2.75, 3.05) is 19.0 Å². The molecule has 0 saturated heterocycles. The van der Waals surface area contributed by atoms with Gasteiger partial charge in [0.05, 0.1) is 13.4 Å². The topological polar surface area (TPSA) is 95.1 Å². The van der Waals surface area contributed by atoms with E-state index in [0.717, 1.165) is 0 Å². The van der Waals surface area contributed by atoms with Crippen molar-refractivity contribution >= 4 is 11.6 Å². The van der Waals surface area contributed by atoms with E-state index < -0.39 is 0 Å². The molecular formula is C12H15N5O2. The number of imidazole rings is 1. The Hall–Kier alpha value is -2.41. The van der Waals surface area contributed by atoms with Gasteiger partial charge in [0.1, 0.15) is 11.4 Å². The lowest BCUT2D eigenvalue weighted by Gasteiger charge is -2.07. The van der Waals surface area contributed by atoms with Gasteiger partial charge in [-0.25, -0.2) is 9.97 Å². The molecule has 0 aliphatic rings. The van der Waals surface area contributed by atoms with Gasteiger partial charge in [-0.2, -0.15) is 0 Å². The van der Waals surface area contributed by atoms with Crippen LogP contribution in [0.25, 0.3) is 0 Å². The number of nitrogens with one attached hydrogen (secondary N) is 1. The minimum absolute atomic E-state index is 0.318. The van der Waals surface area contributed by atoms with Crippen LogP contribution in [0.15, 0.2) is 30.9 Å². The molecular weight excluding hydrogens is 246 g/mol. The Balaban J connectivity index is 2.11. The number of ether oxygens (including phenoxy) is 1. The summed E-state index contributed by atoms with van der Waals surface area (Å²) in [6, 6.07) is 3.42. The average molecular weight is 261 g/mol. The molecule has 0 unspecified atom stereocenters. The average Bonchev–Trinajstić information content (AvgIpc) is 2.88. The maximum Gasteiger partial charge on any atom is 0.275 e. The number of anilines is 1. The molecule has 7 nitrogen and oxygen atoms in total. The van der Waals surface area contributed by atoms with Crippen LogP contribution in [0, 0.1) is 0 Å². The van der Waals surface area contributed by atoms with Crippen LogP contribution < -0.4 is 15.8 Å². The van der Waals surface area contributed by atoms with Gasteiger partial charge in [-0.3, -0.25) is 4.79 Å². The molecule has 0 aromatic carbocycles. The van der Waals surface area contributed by atoms with Gasteiger partial charge < -0.3 is 20.4 Å². The van der Waals surface area contributed by atoms with Crippen molar-refractivity contribution in [1.82, 2.24) is 14.5 Å². The van der Waals surface area contributed by atoms with Gasteiger partial charge in [0, 0.05) is 25.5 Å². The number of hydrogen-bond donors (Lipinski definition) is 2. The van der Waals surface area contributed by atoms with Crippen LogP contribution in [0.4, 0.5) is 5.69 Å². The number of aromatic nitrogens is 3. The Bertz CT molecular complexity index is 567. The molecule has 0 spiro atoms. The third kappa shape index (κ3) is 3.08. The summed E-state index contributed by atoms with van der Waals surface area (Å²) in [5.41, 5.74) is 6.26. The molecule has 0 saturated carbocycles. The molecule has 2 aromatic heterocycles. The van der Waals surface area contributed by atoms with E-state index in [9.17, 15) is 4.79 Å². The highest BCUT2D eigenvalue weighted by atomic mass is 16.5. The van der Waals surface area contributed by atoms with E-state index in [1.165, 1.54) is 7.11 Å². The Morgan fingerprint density at radius 1 is 1.53 bits per heavy atom. The lowest BCUT2D eigenvalue weighted by Crippen LogP contribution is -2.13. The van der Waals surface area contributed by atoms with E-state index in [2.05, 4.69) is 15.3 Å². The fourth-order valence-corrected chi connectivity index (χ4v) is 1.58. The van der Waals surface area contributed by atoms with Gasteiger partial charge in [0.25, 0.3) is 5.91 Å². The third-order valence-corrected chi connectivity index (χ3v) is 2.47. The molecule has 0 aliphatic heterocycles. The van der Waals surface area contributed by atoms with Crippen LogP contribution >= 0.6 is 0 Å². The summed E-state index contributed by atoms with van der Waals surface area (Å²) in [6.07, 6.45) is 4.80. The molecule has 7 heteroatoms. The van der Waals surface area contributed by atoms with Gasteiger partial charge in [-0.05, 0) is 12.1 Å². The Morgan fingerprint density at radius 2 is 2.37 bits per heavy atom. The SMILES string of the molecule is COc1ncccc1NC(=O)c1cn(CCN)cn1. The second-order valence-corrected chi connectivity index (χ2v) is 3.80. The van der Waals surface area contributed by atoms with Gasteiger partial charge in [-0.15, -0.1) is 0 Å². The number of pyridine rings is 1. The predicted molar refractivity (Wildman–Crippen MR) is 70.0 cm³/mol. The first-order valence-electron chi connectivity index (χ1n) is 5.76. The van der Waals surface area contributed by atoms with Gasteiger partial charge in [0.15, 0.2) is 0 Å². The van der Waals surface area contributed by atoms with Crippen LogP contribution in [0.1, 0.15) is 10.5 Å². The van der Waals surface area contributed by atoms with E-state index in [1.54, 1.807) is 35.4 Å². The minimum Gasteiger partial charge on any atom is -0.480 e. The standard InChI is InChI=1S/C12H15N5O2/c1-19-12-9(3-2-5-14-12)16-11(18)10-7-17(6-4-13)8-15-10/h2-3,5,7-8H,4,6,13H2,1H3,(H,16,18). The molecule has 0 bridgehead atoms. The van der Waals surface area contributed by atoms with Crippen molar-refractivity contribution < 1.29 is 9.53 Å². The van der Waals surface area contributed by atoms with Crippen molar-refractivity contribution in [3.05, 3.63) is 36.5 Å². The number of nitrogens with two attached hydrogens (primary N) is 1. The van der Waals surface area contributed by atoms with Crippen LogP contribution in [-0.4, -0.2) is 34.1 Å². The van der Waals surface area contributed by atoms with Gasteiger partial charge >= 0.3 is 0 Å². The van der Waals surface area contributed by atoms with Crippen molar-refractivity contribution in [1.29, 1.82) is 0 Å². The number of amides is 1. The minimum atomic E-state index is -0.318.